The molecule has 0 saturated heterocycles. The van der Waals surface area contributed by atoms with Crippen LogP contribution in [-0.2, 0) is 13.0 Å². The van der Waals surface area contributed by atoms with Gasteiger partial charge in [-0.25, -0.2) is 0 Å². The van der Waals surface area contributed by atoms with Crippen LogP contribution in [0, 0.1) is 0 Å². The van der Waals surface area contributed by atoms with Crippen LogP contribution in [0.4, 0.5) is 0 Å². The lowest BCUT2D eigenvalue weighted by Gasteiger charge is -2.31. The van der Waals surface area contributed by atoms with Gasteiger partial charge in [0.2, 0.25) is 0 Å². The van der Waals surface area contributed by atoms with E-state index < -0.39 is 0 Å². The SMILES string of the molecule is CCCC(Cc1ccccc1)N(CCC)C(=O)c1coc(CN)c1. The Balaban J connectivity index is 2.21. The molecule has 0 aliphatic heterocycles. The second-order valence-electron chi connectivity index (χ2n) is 6.14. The molecule has 130 valence electrons. The van der Waals surface area contributed by atoms with Gasteiger partial charge in [0.1, 0.15) is 12.0 Å². The summed E-state index contributed by atoms with van der Waals surface area (Å²) in [6, 6.07) is 12.3. The van der Waals surface area contributed by atoms with E-state index in [1.807, 2.05) is 23.1 Å². The van der Waals surface area contributed by atoms with Crippen LogP contribution in [0.2, 0.25) is 0 Å². The highest BCUT2D eigenvalue weighted by molar-refractivity contribution is 5.94. The van der Waals surface area contributed by atoms with Gasteiger partial charge in [0.15, 0.2) is 0 Å². The Kier molecular flexibility index (Phi) is 7.07. The van der Waals surface area contributed by atoms with Gasteiger partial charge in [-0.3, -0.25) is 4.79 Å². The Labute approximate surface area is 144 Å². The molecule has 1 atom stereocenters. The largest absolute Gasteiger partial charge is 0.467 e. The minimum atomic E-state index is 0.0367. The molecule has 1 aromatic carbocycles. The Morgan fingerprint density at radius 3 is 2.54 bits per heavy atom. The third kappa shape index (κ3) is 4.71. The maximum atomic E-state index is 13.0. The average Bonchev–Trinajstić information content (AvgIpc) is 3.09. The van der Waals surface area contributed by atoms with Crippen LogP contribution >= 0.6 is 0 Å². The molecule has 1 aromatic heterocycles. The molecule has 4 nitrogen and oxygen atoms in total. The molecule has 0 bridgehead atoms. The third-order valence-electron chi connectivity index (χ3n) is 4.20. The maximum Gasteiger partial charge on any atom is 0.257 e. The van der Waals surface area contributed by atoms with Gasteiger partial charge in [-0.15, -0.1) is 0 Å². The van der Waals surface area contributed by atoms with Crippen molar-refractivity contribution >= 4 is 5.91 Å². The van der Waals surface area contributed by atoms with Gasteiger partial charge in [0.05, 0.1) is 12.1 Å². The topological polar surface area (TPSA) is 59.5 Å². The summed E-state index contributed by atoms with van der Waals surface area (Å²) in [4.78, 5) is 15.0. The number of furan rings is 1. The Hall–Kier alpha value is -2.07. The van der Waals surface area contributed by atoms with Gasteiger partial charge in [0.25, 0.3) is 5.91 Å². The smallest absolute Gasteiger partial charge is 0.257 e. The number of rotatable bonds is 9. The van der Waals surface area contributed by atoms with Crippen molar-refractivity contribution < 1.29 is 9.21 Å². The first kappa shape index (κ1) is 18.3. The van der Waals surface area contributed by atoms with E-state index in [-0.39, 0.29) is 11.9 Å². The van der Waals surface area contributed by atoms with Crippen LogP contribution in [0.3, 0.4) is 0 Å². The van der Waals surface area contributed by atoms with Crippen LogP contribution < -0.4 is 5.73 Å². The predicted octanol–water partition coefficient (Wildman–Crippen LogP) is 4.00. The fourth-order valence-electron chi connectivity index (χ4n) is 3.04. The zero-order valence-electron chi connectivity index (χ0n) is 14.7. The van der Waals surface area contributed by atoms with Gasteiger partial charge in [-0.2, -0.15) is 0 Å². The molecule has 2 rings (SSSR count). The first-order valence-corrected chi connectivity index (χ1v) is 8.81. The number of carbonyl (C=O) groups is 1. The molecule has 24 heavy (non-hydrogen) atoms. The maximum absolute atomic E-state index is 13.0. The zero-order chi connectivity index (χ0) is 17.4. The molecular weight excluding hydrogens is 300 g/mol. The van der Waals surface area contributed by atoms with E-state index in [1.165, 1.54) is 11.8 Å². The second kappa shape index (κ2) is 9.28. The normalized spacial score (nSPS) is 12.1. The van der Waals surface area contributed by atoms with Crippen molar-refractivity contribution in [3.05, 3.63) is 59.5 Å². The molecule has 0 saturated carbocycles. The Bertz CT molecular complexity index is 622. The van der Waals surface area contributed by atoms with Crippen molar-refractivity contribution in [2.45, 2.75) is 52.1 Å². The third-order valence-corrected chi connectivity index (χ3v) is 4.20. The highest BCUT2D eigenvalue weighted by Crippen LogP contribution is 2.19. The number of amides is 1. The summed E-state index contributed by atoms with van der Waals surface area (Å²) in [7, 11) is 0. The van der Waals surface area contributed by atoms with Crippen molar-refractivity contribution in [2.24, 2.45) is 5.73 Å². The molecular formula is C20H28N2O2. The number of nitrogens with two attached hydrogens (primary N) is 1. The van der Waals surface area contributed by atoms with E-state index in [9.17, 15) is 4.79 Å². The van der Waals surface area contributed by atoms with Gasteiger partial charge in [-0.05, 0) is 30.9 Å². The van der Waals surface area contributed by atoms with Gasteiger partial charge >= 0.3 is 0 Å². The first-order valence-electron chi connectivity index (χ1n) is 8.81. The van der Waals surface area contributed by atoms with Gasteiger partial charge < -0.3 is 15.1 Å². The molecule has 0 fully saturated rings. The fourth-order valence-corrected chi connectivity index (χ4v) is 3.04. The number of carbonyl (C=O) groups excluding carboxylic acids is 1. The zero-order valence-corrected chi connectivity index (χ0v) is 14.7. The molecule has 0 radical (unpaired) electrons. The molecule has 2 N–H and O–H groups in total. The number of benzene rings is 1. The Morgan fingerprint density at radius 1 is 1.21 bits per heavy atom. The highest BCUT2D eigenvalue weighted by atomic mass is 16.3. The molecule has 1 heterocycles. The Morgan fingerprint density at radius 2 is 1.96 bits per heavy atom. The highest BCUT2D eigenvalue weighted by Gasteiger charge is 2.25. The van der Waals surface area contributed by atoms with E-state index in [1.54, 1.807) is 6.07 Å². The minimum absolute atomic E-state index is 0.0367. The lowest BCUT2D eigenvalue weighted by atomic mass is 9.99. The van der Waals surface area contributed by atoms with E-state index in [2.05, 4.69) is 26.0 Å². The molecule has 1 unspecified atom stereocenters. The van der Waals surface area contributed by atoms with Crippen LogP contribution in [0.5, 0.6) is 0 Å². The summed E-state index contributed by atoms with van der Waals surface area (Å²) >= 11 is 0. The summed E-state index contributed by atoms with van der Waals surface area (Å²) < 4.78 is 5.35. The van der Waals surface area contributed by atoms with Crippen LogP contribution in [0.25, 0.3) is 0 Å². The molecule has 0 aliphatic rings. The number of nitrogens with zero attached hydrogens (tertiary/aromatic N) is 1. The van der Waals surface area contributed by atoms with Crippen molar-refractivity contribution in [2.75, 3.05) is 6.54 Å². The summed E-state index contributed by atoms with van der Waals surface area (Å²) in [5.41, 5.74) is 7.45. The minimum Gasteiger partial charge on any atom is -0.467 e. The van der Waals surface area contributed by atoms with Gasteiger partial charge in [0, 0.05) is 12.6 Å². The van der Waals surface area contributed by atoms with E-state index in [0.717, 1.165) is 32.2 Å². The number of hydrogen-bond donors (Lipinski definition) is 1. The van der Waals surface area contributed by atoms with Gasteiger partial charge in [-0.1, -0.05) is 50.6 Å². The van der Waals surface area contributed by atoms with Crippen molar-refractivity contribution in [3.63, 3.8) is 0 Å². The standard InChI is InChI=1S/C20H28N2O2/c1-3-8-18(12-16-9-6-5-7-10-16)22(11-4-2)20(23)17-13-19(14-21)24-15-17/h5-7,9-10,13,15,18H,3-4,8,11-12,14,21H2,1-2H3. The monoisotopic (exact) mass is 328 g/mol. The molecule has 0 aliphatic carbocycles. The fraction of sp³-hybridized carbons (Fsp3) is 0.450. The van der Waals surface area contributed by atoms with Crippen molar-refractivity contribution in [1.29, 1.82) is 0 Å². The molecule has 4 heteroatoms. The average molecular weight is 328 g/mol. The molecule has 0 spiro atoms. The predicted molar refractivity (Wildman–Crippen MR) is 96.8 cm³/mol. The van der Waals surface area contributed by atoms with Crippen LogP contribution in [-0.4, -0.2) is 23.4 Å². The van der Waals surface area contributed by atoms with E-state index in [4.69, 9.17) is 10.2 Å². The first-order chi connectivity index (χ1) is 11.7. The van der Waals surface area contributed by atoms with E-state index >= 15 is 0 Å². The molecule has 1 amide bonds. The lowest BCUT2D eigenvalue weighted by molar-refractivity contribution is 0.0665. The quantitative estimate of drug-likeness (QED) is 0.757. The van der Waals surface area contributed by atoms with Crippen molar-refractivity contribution in [3.8, 4) is 0 Å². The van der Waals surface area contributed by atoms with E-state index in [0.29, 0.717) is 17.9 Å². The summed E-state index contributed by atoms with van der Waals surface area (Å²) in [5, 5.41) is 0. The summed E-state index contributed by atoms with van der Waals surface area (Å²) in [6.45, 7) is 5.33. The van der Waals surface area contributed by atoms with Crippen LogP contribution in [0.1, 0.15) is 54.8 Å². The molecule has 2 aromatic rings. The lowest BCUT2D eigenvalue weighted by Crippen LogP contribution is -2.42. The summed E-state index contributed by atoms with van der Waals surface area (Å²) in [6.07, 6.45) is 5.37. The number of hydrogen-bond acceptors (Lipinski definition) is 3. The summed E-state index contributed by atoms with van der Waals surface area (Å²) in [5.74, 6) is 0.680. The second-order valence-corrected chi connectivity index (χ2v) is 6.14. The van der Waals surface area contributed by atoms with Crippen molar-refractivity contribution in [1.82, 2.24) is 4.90 Å². The van der Waals surface area contributed by atoms with Crippen LogP contribution in [0.15, 0.2) is 47.1 Å².